The van der Waals surface area contributed by atoms with Crippen molar-refractivity contribution < 1.29 is 14.3 Å². The fourth-order valence-corrected chi connectivity index (χ4v) is 4.49. The Balaban J connectivity index is 1.50. The van der Waals surface area contributed by atoms with Crippen LogP contribution in [0.15, 0.2) is 120 Å². The van der Waals surface area contributed by atoms with Crippen molar-refractivity contribution in [2.45, 2.75) is 0 Å². The highest BCUT2D eigenvalue weighted by Crippen LogP contribution is 2.33. The van der Waals surface area contributed by atoms with Crippen LogP contribution in [0.3, 0.4) is 0 Å². The number of carbonyl (C=O) groups is 2. The van der Waals surface area contributed by atoms with Gasteiger partial charge in [0.05, 0.1) is 5.57 Å². The number of benzene rings is 3. The smallest absolute Gasteiger partial charge is 0.198 e. The van der Waals surface area contributed by atoms with E-state index in [9.17, 15) is 9.59 Å². The summed E-state index contributed by atoms with van der Waals surface area (Å²) in [5.74, 6) is 0.558. The van der Waals surface area contributed by atoms with Crippen molar-refractivity contribution in [3.05, 3.63) is 142 Å². The van der Waals surface area contributed by atoms with Crippen LogP contribution in [0.2, 0.25) is 0 Å². The van der Waals surface area contributed by atoms with Crippen molar-refractivity contribution >= 4 is 35.1 Å². The first-order chi connectivity index (χ1) is 18.8. The zero-order chi connectivity index (χ0) is 27.5. The van der Waals surface area contributed by atoms with Crippen molar-refractivity contribution in [1.29, 1.82) is 0 Å². The van der Waals surface area contributed by atoms with Crippen LogP contribution in [0.1, 0.15) is 31.8 Å². The van der Waals surface area contributed by atoms with Gasteiger partial charge in [0.25, 0.3) is 0 Å². The number of hydrogen-bond acceptors (Lipinski definition) is 5. The first kappa shape index (κ1) is 25.7. The molecule has 0 fully saturated rings. The molecule has 1 heterocycles. The van der Waals surface area contributed by atoms with E-state index in [1.807, 2.05) is 111 Å². The summed E-state index contributed by atoms with van der Waals surface area (Å²) in [4.78, 5) is 30.6. The molecule has 39 heavy (non-hydrogen) atoms. The molecule has 194 valence electrons. The SMILES string of the molecule is CN(C)c1ccc(/C=C/C2=CC(=C3C(=O)c4ccccc4C3=O)C=C(/C=C/c3ccc(N(C)C)cc3)O2)cc1. The minimum Gasteiger partial charge on any atom is -0.457 e. The summed E-state index contributed by atoms with van der Waals surface area (Å²) in [7, 11) is 8.01. The lowest BCUT2D eigenvalue weighted by molar-refractivity contribution is 0.0988. The lowest BCUT2D eigenvalue weighted by Crippen LogP contribution is -2.08. The van der Waals surface area contributed by atoms with E-state index in [0.29, 0.717) is 28.2 Å². The van der Waals surface area contributed by atoms with E-state index in [1.54, 1.807) is 36.4 Å². The maximum Gasteiger partial charge on any atom is 0.198 e. The minimum atomic E-state index is -0.259. The number of ketones is 2. The second kappa shape index (κ2) is 10.8. The van der Waals surface area contributed by atoms with Crippen LogP contribution in [0.5, 0.6) is 0 Å². The summed E-state index contributed by atoms with van der Waals surface area (Å²) in [5.41, 5.74) is 5.82. The Labute approximate surface area is 229 Å². The number of anilines is 2. The molecule has 0 atom stereocenters. The molecule has 0 N–H and O–H groups in total. The molecule has 5 rings (SSSR count). The van der Waals surface area contributed by atoms with Crippen molar-refractivity contribution in [2.24, 2.45) is 0 Å². The molecule has 1 aliphatic carbocycles. The van der Waals surface area contributed by atoms with E-state index in [-0.39, 0.29) is 17.1 Å². The molecule has 0 amide bonds. The fourth-order valence-electron chi connectivity index (χ4n) is 4.49. The molecule has 0 saturated carbocycles. The van der Waals surface area contributed by atoms with Crippen molar-refractivity contribution in [2.75, 3.05) is 38.0 Å². The number of fused-ring (bicyclic) bond motifs is 1. The van der Waals surface area contributed by atoms with Gasteiger partial charge in [-0.1, -0.05) is 60.7 Å². The second-order valence-corrected chi connectivity index (χ2v) is 9.87. The molecule has 0 radical (unpaired) electrons. The summed E-state index contributed by atoms with van der Waals surface area (Å²) < 4.78 is 6.17. The van der Waals surface area contributed by atoms with E-state index in [1.165, 1.54) is 0 Å². The average molecular weight is 515 g/mol. The van der Waals surface area contributed by atoms with Crippen LogP contribution >= 0.6 is 0 Å². The Bertz CT molecular complexity index is 1470. The molecule has 0 aromatic heterocycles. The minimum absolute atomic E-state index is 0.168. The van der Waals surface area contributed by atoms with Crippen LogP contribution in [0, 0.1) is 0 Å². The van der Waals surface area contributed by atoms with Gasteiger partial charge in [-0.05, 0) is 65.3 Å². The summed E-state index contributed by atoms with van der Waals surface area (Å²) in [6.07, 6.45) is 11.1. The van der Waals surface area contributed by atoms with Crippen LogP contribution < -0.4 is 9.80 Å². The highest BCUT2D eigenvalue weighted by Gasteiger charge is 2.35. The van der Waals surface area contributed by atoms with Crippen LogP contribution in [-0.4, -0.2) is 39.8 Å². The van der Waals surface area contributed by atoms with Gasteiger partial charge in [-0.25, -0.2) is 0 Å². The van der Waals surface area contributed by atoms with Gasteiger partial charge in [-0.2, -0.15) is 0 Å². The molecule has 2 aliphatic rings. The topological polar surface area (TPSA) is 49.9 Å². The summed E-state index contributed by atoms with van der Waals surface area (Å²) >= 11 is 0. The predicted molar refractivity (Wildman–Crippen MR) is 159 cm³/mol. The molecular formula is C34H30N2O3. The summed E-state index contributed by atoms with van der Waals surface area (Å²) in [6.45, 7) is 0. The normalized spacial score (nSPS) is 15.0. The predicted octanol–water partition coefficient (Wildman–Crippen LogP) is 6.72. The number of carbonyl (C=O) groups excluding carboxylic acids is 2. The Kier molecular flexibility index (Phi) is 7.15. The van der Waals surface area contributed by atoms with Gasteiger partial charge >= 0.3 is 0 Å². The number of rotatable bonds is 6. The van der Waals surface area contributed by atoms with E-state index < -0.39 is 0 Å². The van der Waals surface area contributed by atoms with Gasteiger partial charge in [-0.15, -0.1) is 0 Å². The number of hydrogen-bond donors (Lipinski definition) is 0. The van der Waals surface area contributed by atoms with E-state index >= 15 is 0 Å². The number of Topliss-reactive ketones (excluding diaryl/α,β-unsaturated/α-hetero) is 2. The summed E-state index contributed by atoms with van der Waals surface area (Å²) in [5, 5.41) is 0. The van der Waals surface area contributed by atoms with Crippen molar-refractivity contribution in [1.82, 2.24) is 0 Å². The van der Waals surface area contributed by atoms with E-state index in [2.05, 4.69) is 0 Å². The Morgan fingerprint density at radius 2 is 0.974 bits per heavy atom. The third-order valence-corrected chi connectivity index (χ3v) is 6.69. The number of allylic oxidation sites excluding steroid dienone is 6. The first-order valence-corrected chi connectivity index (χ1v) is 12.7. The lowest BCUT2D eigenvalue weighted by atomic mass is 10.00. The van der Waals surface area contributed by atoms with Gasteiger partial charge in [0.15, 0.2) is 11.6 Å². The van der Waals surface area contributed by atoms with Gasteiger partial charge in [-0.3, -0.25) is 9.59 Å². The molecule has 5 heteroatoms. The third-order valence-electron chi connectivity index (χ3n) is 6.69. The monoisotopic (exact) mass is 514 g/mol. The Hall–Kier alpha value is -4.90. The second-order valence-electron chi connectivity index (χ2n) is 9.87. The fraction of sp³-hybridized carbons (Fsp3) is 0.118. The van der Waals surface area contributed by atoms with Gasteiger partial charge in [0.1, 0.15) is 11.5 Å². The molecule has 1 aliphatic heterocycles. The molecule has 5 nitrogen and oxygen atoms in total. The van der Waals surface area contributed by atoms with Gasteiger partial charge < -0.3 is 14.5 Å². The molecule has 0 spiro atoms. The molecule has 0 saturated heterocycles. The zero-order valence-electron chi connectivity index (χ0n) is 22.5. The first-order valence-electron chi connectivity index (χ1n) is 12.7. The third kappa shape index (κ3) is 5.53. The van der Waals surface area contributed by atoms with E-state index in [0.717, 1.165) is 22.5 Å². The largest absolute Gasteiger partial charge is 0.457 e. The van der Waals surface area contributed by atoms with Crippen molar-refractivity contribution in [3.63, 3.8) is 0 Å². The number of nitrogens with zero attached hydrogens (tertiary/aromatic N) is 2. The standard InChI is InChI=1S/C34H30N2O3/c1-35(2)26-15-9-23(10-16-26)13-19-28-21-25(32-33(37)30-7-5-6-8-31(30)34(32)38)22-29(39-28)20-14-24-11-17-27(18-12-24)36(3)4/h5-22H,1-4H3/b19-13+,20-14+. The molecular weight excluding hydrogens is 484 g/mol. The maximum atomic E-state index is 13.2. The van der Waals surface area contributed by atoms with Crippen LogP contribution in [0.4, 0.5) is 11.4 Å². The zero-order valence-corrected chi connectivity index (χ0v) is 22.5. The Morgan fingerprint density at radius 1 is 0.564 bits per heavy atom. The highest BCUT2D eigenvalue weighted by atomic mass is 16.5. The van der Waals surface area contributed by atoms with Crippen LogP contribution in [0.25, 0.3) is 12.2 Å². The molecule has 0 unspecified atom stereocenters. The van der Waals surface area contributed by atoms with Crippen molar-refractivity contribution in [3.8, 4) is 0 Å². The Morgan fingerprint density at radius 3 is 1.36 bits per heavy atom. The van der Waals surface area contributed by atoms with Gasteiger partial charge in [0.2, 0.25) is 0 Å². The average Bonchev–Trinajstić information content (AvgIpc) is 3.20. The van der Waals surface area contributed by atoms with Crippen LogP contribution in [-0.2, 0) is 4.74 Å². The quantitative estimate of drug-likeness (QED) is 0.270. The maximum absolute atomic E-state index is 13.2. The summed E-state index contributed by atoms with van der Waals surface area (Å²) in [6, 6.07) is 23.3. The molecule has 0 bridgehead atoms. The molecule has 3 aromatic rings. The molecule has 3 aromatic carbocycles. The number of ether oxygens (including phenoxy) is 1. The highest BCUT2D eigenvalue weighted by molar-refractivity contribution is 6.40. The lowest BCUT2D eigenvalue weighted by Gasteiger charge is -2.15. The van der Waals surface area contributed by atoms with Gasteiger partial charge in [0, 0.05) is 50.7 Å². The van der Waals surface area contributed by atoms with E-state index in [4.69, 9.17) is 4.74 Å².